The van der Waals surface area contributed by atoms with Crippen LogP contribution in [0, 0.1) is 0 Å². The highest BCUT2D eigenvalue weighted by molar-refractivity contribution is 5.96. The molecule has 0 aliphatic carbocycles. The van der Waals surface area contributed by atoms with Crippen molar-refractivity contribution in [2.75, 3.05) is 19.8 Å². The molecule has 0 radical (unpaired) electrons. The predicted molar refractivity (Wildman–Crippen MR) is 68.9 cm³/mol. The number of nitrogens with one attached hydrogen (secondary N) is 1. The van der Waals surface area contributed by atoms with Gasteiger partial charge < -0.3 is 14.8 Å². The number of hydrogen-bond acceptors (Lipinski definition) is 3. The van der Waals surface area contributed by atoms with Crippen LogP contribution in [-0.2, 0) is 4.74 Å². The lowest BCUT2D eigenvalue weighted by Crippen LogP contribution is -2.24. The third-order valence-electron chi connectivity index (χ3n) is 2.92. The Bertz CT molecular complexity index is 400. The molecule has 98 valence electrons. The summed E-state index contributed by atoms with van der Waals surface area (Å²) in [4.78, 5) is 11.8. The van der Waals surface area contributed by atoms with E-state index >= 15 is 0 Å². The van der Waals surface area contributed by atoms with Crippen LogP contribution < -0.4 is 10.1 Å². The summed E-state index contributed by atoms with van der Waals surface area (Å²) in [5.74, 6) is 0.527. The summed E-state index contributed by atoms with van der Waals surface area (Å²) in [6, 6.07) is 7.30. The molecule has 0 bridgehead atoms. The minimum Gasteiger partial charge on any atom is -0.490 e. The van der Waals surface area contributed by atoms with Crippen molar-refractivity contribution in [1.82, 2.24) is 5.32 Å². The molecule has 1 saturated heterocycles. The molecule has 0 saturated carbocycles. The van der Waals surface area contributed by atoms with Gasteiger partial charge in [-0.15, -0.1) is 0 Å². The second-order valence-corrected chi connectivity index (χ2v) is 4.30. The maximum Gasteiger partial charge on any atom is 0.255 e. The monoisotopic (exact) mass is 249 g/mol. The van der Waals surface area contributed by atoms with E-state index in [1.54, 1.807) is 6.07 Å². The minimum absolute atomic E-state index is 0.0968. The molecule has 1 fully saturated rings. The van der Waals surface area contributed by atoms with Crippen LogP contribution in [0.15, 0.2) is 24.3 Å². The molecule has 0 aromatic heterocycles. The Hall–Kier alpha value is -1.55. The molecule has 1 aromatic carbocycles. The average Bonchev–Trinajstić information content (AvgIpc) is 2.90. The number of amides is 1. The van der Waals surface area contributed by atoms with Gasteiger partial charge in [0, 0.05) is 13.2 Å². The van der Waals surface area contributed by atoms with Gasteiger partial charge in [0.25, 0.3) is 5.91 Å². The van der Waals surface area contributed by atoms with Gasteiger partial charge in [0.15, 0.2) is 0 Å². The lowest BCUT2D eigenvalue weighted by molar-refractivity contribution is 0.0671. The van der Waals surface area contributed by atoms with Crippen molar-refractivity contribution < 1.29 is 14.3 Å². The molecule has 4 heteroatoms. The van der Waals surface area contributed by atoms with Crippen LogP contribution in [0.1, 0.15) is 30.1 Å². The number of hydrogen-bond donors (Lipinski definition) is 1. The SMILES string of the molecule is CCNC(=O)c1ccccc1OCC1CCCO1. The van der Waals surface area contributed by atoms with Crippen LogP contribution in [0.25, 0.3) is 0 Å². The topological polar surface area (TPSA) is 47.6 Å². The van der Waals surface area contributed by atoms with Gasteiger partial charge in [0.2, 0.25) is 0 Å². The van der Waals surface area contributed by atoms with E-state index in [0.29, 0.717) is 24.5 Å². The Morgan fingerprint density at radius 3 is 3.06 bits per heavy atom. The van der Waals surface area contributed by atoms with Gasteiger partial charge >= 0.3 is 0 Å². The number of para-hydroxylation sites is 1. The highest BCUT2D eigenvalue weighted by Crippen LogP contribution is 2.20. The molecule has 4 nitrogen and oxygen atoms in total. The Morgan fingerprint density at radius 2 is 2.33 bits per heavy atom. The number of rotatable bonds is 5. The Labute approximate surface area is 107 Å². The summed E-state index contributed by atoms with van der Waals surface area (Å²) >= 11 is 0. The Kier molecular flexibility index (Phi) is 4.59. The first-order valence-corrected chi connectivity index (χ1v) is 6.43. The Morgan fingerprint density at radius 1 is 1.50 bits per heavy atom. The van der Waals surface area contributed by atoms with Crippen molar-refractivity contribution >= 4 is 5.91 Å². The van der Waals surface area contributed by atoms with E-state index in [1.165, 1.54) is 0 Å². The third-order valence-corrected chi connectivity index (χ3v) is 2.92. The van der Waals surface area contributed by atoms with Gasteiger partial charge in [0.05, 0.1) is 11.7 Å². The van der Waals surface area contributed by atoms with Crippen LogP contribution in [0.3, 0.4) is 0 Å². The number of carbonyl (C=O) groups is 1. The van der Waals surface area contributed by atoms with Crippen molar-refractivity contribution in [3.05, 3.63) is 29.8 Å². The largest absolute Gasteiger partial charge is 0.490 e. The minimum atomic E-state index is -0.0968. The van der Waals surface area contributed by atoms with Crippen LogP contribution in [-0.4, -0.2) is 31.8 Å². The van der Waals surface area contributed by atoms with Gasteiger partial charge in [-0.1, -0.05) is 12.1 Å². The molecular weight excluding hydrogens is 230 g/mol. The van der Waals surface area contributed by atoms with Gasteiger partial charge in [-0.05, 0) is 31.9 Å². The molecule has 1 N–H and O–H groups in total. The maximum absolute atomic E-state index is 11.8. The summed E-state index contributed by atoms with van der Waals surface area (Å²) in [5, 5.41) is 2.78. The van der Waals surface area contributed by atoms with Gasteiger partial charge in [-0.25, -0.2) is 0 Å². The highest BCUT2D eigenvalue weighted by Gasteiger charge is 2.17. The molecule has 1 aliphatic heterocycles. The van der Waals surface area contributed by atoms with Crippen molar-refractivity contribution in [3.63, 3.8) is 0 Å². The lowest BCUT2D eigenvalue weighted by Gasteiger charge is -2.14. The maximum atomic E-state index is 11.8. The zero-order valence-corrected chi connectivity index (χ0v) is 10.6. The van der Waals surface area contributed by atoms with E-state index in [-0.39, 0.29) is 12.0 Å². The number of ether oxygens (including phenoxy) is 2. The van der Waals surface area contributed by atoms with Crippen LogP contribution in [0.2, 0.25) is 0 Å². The van der Waals surface area contributed by atoms with Crippen molar-refractivity contribution in [2.24, 2.45) is 0 Å². The van der Waals surface area contributed by atoms with Gasteiger partial charge in [-0.3, -0.25) is 4.79 Å². The zero-order chi connectivity index (χ0) is 12.8. The summed E-state index contributed by atoms with van der Waals surface area (Å²) in [6.07, 6.45) is 2.28. The van der Waals surface area contributed by atoms with E-state index < -0.39 is 0 Å². The second kappa shape index (κ2) is 6.40. The normalized spacial score (nSPS) is 18.6. The fourth-order valence-electron chi connectivity index (χ4n) is 1.99. The summed E-state index contributed by atoms with van der Waals surface area (Å²) in [5.41, 5.74) is 0.581. The molecule has 1 unspecified atom stereocenters. The molecule has 1 heterocycles. The van der Waals surface area contributed by atoms with Crippen LogP contribution >= 0.6 is 0 Å². The molecule has 0 spiro atoms. The van der Waals surface area contributed by atoms with Gasteiger partial charge in [-0.2, -0.15) is 0 Å². The first kappa shape index (κ1) is 12.9. The second-order valence-electron chi connectivity index (χ2n) is 4.30. The third kappa shape index (κ3) is 3.23. The van der Waals surface area contributed by atoms with E-state index in [9.17, 15) is 4.79 Å². The average molecular weight is 249 g/mol. The molecule has 1 aliphatic rings. The smallest absolute Gasteiger partial charge is 0.255 e. The summed E-state index contributed by atoms with van der Waals surface area (Å²) < 4.78 is 11.2. The van der Waals surface area contributed by atoms with Crippen molar-refractivity contribution in [1.29, 1.82) is 0 Å². The lowest BCUT2D eigenvalue weighted by atomic mass is 10.2. The van der Waals surface area contributed by atoms with Crippen molar-refractivity contribution in [2.45, 2.75) is 25.9 Å². The summed E-state index contributed by atoms with van der Waals surface area (Å²) in [6.45, 7) is 3.83. The predicted octanol–water partition coefficient (Wildman–Crippen LogP) is 1.99. The molecule has 1 amide bonds. The van der Waals surface area contributed by atoms with E-state index in [1.807, 2.05) is 25.1 Å². The number of benzene rings is 1. The standard InChI is InChI=1S/C14H19NO3/c1-2-15-14(16)12-7-3-4-8-13(12)18-10-11-6-5-9-17-11/h3-4,7-8,11H,2,5-6,9-10H2,1H3,(H,15,16). The van der Waals surface area contributed by atoms with E-state index in [2.05, 4.69) is 5.32 Å². The van der Waals surface area contributed by atoms with Crippen LogP contribution in [0.5, 0.6) is 5.75 Å². The van der Waals surface area contributed by atoms with Crippen LogP contribution in [0.4, 0.5) is 0 Å². The highest BCUT2D eigenvalue weighted by atomic mass is 16.5. The van der Waals surface area contributed by atoms with E-state index in [4.69, 9.17) is 9.47 Å². The fourth-order valence-corrected chi connectivity index (χ4v) is 1.99. The number of carbonyl (C=O) groups excluding carboxylic acids is 1. The zero-order valence-electron chi connectivity index (χ0n) is 10.6. The molecule has 1 atom stereocenters. The van der Waals surface area contributed by atoms with Crippen molar-refractivity contribution in [3.8, 4) is 5.75 Å². The quantitative estimate of drug-likeness (QED) is 0.868. The molecule has 1 aromatic rings. The van der Waals surface area contributed by atoms with E-state index in [0.717, 1.165) is 19.4 Å². The fraction of sp³-hybridized carbons (Fsp3) is 0.500. The molecular formula is C14H19NO3. The first-order valence-electron chi connectivity index (χ1n) is 6.43. The summed E-state index contributed by atoms with van der Waals surface area (Å²) in [7, 11) is 0. The Balaban J connectivity index is 2.00. The first-order chi connectivity index (χ1) is 8.81. The molecule has 18 heavy (non-hydrogen) atoms. The molecule has 2 rings (SSSR count). The van der Waals surface area contributed by atoms with Gasteiger partial charge in [0.1, 0.15) is 12.4 Å².